The van der Waals surface area contributed by atoms with Crippen LogP contribution in [0.1, 0.15) is 33.6 Å². The standard InChI is InChI=1S/C20H20O6/c1-2-6-17(7-3-4-12-21)19(23)25-13-5-14-26-20(24)18-10-8-16(15-22)9-11-18/h2-3,6-12,15H,1,4-5,13-14H2/b7-3-,17-6+. The maximum absolute atomic E-state index is 11.9. The van der Waals surface area contributed by atoms with E-state index in [9.17, 15) is 19.2 Å². The Balaban J connectivity index is 2.35. The van der Waals surface area contributed by atoms with Gasteiger partial charge in [0.25, 0.3) is 0 Å². The molecular weight excluding hydrogens is 336 g/mol. The molecule has 0 aliphatic carbocycles. The largest absolute Gasteiger partial charge is 0.462 e. The summed E-state index contributed by atoms with van der Waals surface area (Å²) >= 11 is 0. The van der Waals surface area contributed by atoms with E-state index < -0.39 is 11.9 Å². The normalized spacial score (nSPS) is 11.0. The van der Waals surface area contributed by atoms with Crippen LogP contribution in [0.15, 0.2) is 60.7 Å². The molecule has 26 heavy (non-hydrogen) atoms. The molecule has 1 rings (SSSR count). The van der Waals surface area contributed by atoms with Crippen molar-refractivity contribution in [3.63, 3.8) is 0 Å². The first-order chi connectivity index (χ1) is 12.6. The van der Waals surface area contributed by atoms with Crippen molar-refractivity contribution in [2.24, 2.45) is 0 Å². The summed E-state index contributed by atoms with van der Waals surface area (Å²) in [5.41, 5.74) is 1.08. The van der Waals surface area contributed by atoms with Gasteiger partial charge in [-0.25, -0.2) is 9.59 Å². The second kappa shape index (κ2) is 12.1. The van der Waals surface area contributed by atoms with Crippen molar-refractivity contribution < 1.29 is 28.7 Å². The number of hydrogen-bond acceptors (Lipinski definition) is 6. The average Bonchev–Trinajstić information content (AvgIpc) is 2.67. The molecule has 0 saturated carbocycles. The molecule has 136 valence electrons. The Hall–Kier alpha value is -3.28. The molecule has 0 N–H and O–H groups in total. The number of ether oxygens (including phenoxy) is 2. The average molecular weight is 356 g/mol. The molecule has 0 saturated heterocycles. The topological polar surface area (TPSA) is 86.7 Å². The van der Waals surface area contributed by atoms with Gasteiger partial charge in [-0.3, -0.25) is 4.79 Å². The van der Waals surface area contributed by atoms with Crippen LogP contribution in [-0.4, -0.2) is 37.7 Å². The van der Waals surface area contributed by atoms with E-state index in [4.69, 9.17) is 9.47 Å². The van der Waals surface area contributed by atoms with Crippen LogP contribution in [0.5, 0.6) is 0 Å². The van der Waals surface area contributed by atoms with E-state index in [1.165, 1.54) is 42.5 Å². The highest BCUT2D eigenvalue weighted by atomic mass is 16.5. The molecule has 0 atom stereocenters. The lowest BCUT2D eigenvalue weighted by atomic mass is 10.1. The number of benzene rings is 1. The molecule has 1 aromatic carbocycles. The van der Waals surface area contributed by atoms with Crippen molar-refractivity contribution >= 4 is 24.5 Å². The lowest BCUT2D eigenvalue weighted by molar-refractivity contribution is -0.138. The van der Waals surface area contributed by atoms with Gasteiger partial charge in [0.1, 0.15) is 12.6 Å². The molecule has 0 radical (unpaired) electrons. The summed E-state index contributed by atoms with van der Waals surface area (Å²) in [6, 6.07) is 6.06. The number of hydrogen-bond donors (Lipinski definition) is 0. The molecule has 0 fully saturated rings. The first-order valence-electron chi connectivity index (χ1n) is 7.94. The third kappa shape index (κ3) is 7.53. The van der Waals surface area contributed by atoms with E-state index in [1.807, 2.05) is 0 Å². The van der Waals surface area contributed by atoms with Gasteiger partial charge in [-0.2, -0.15) is 0 Å². The molecular formula is C20H20O6. The fourth-order valence-corrected chi connectivity index (χ4v) is 1.82. The number of rotatable bonds is 11. The number of carbonyl (C=O) groups excluding carboxylic acids is 4. The monoisotopic (exact) mass is 356 g/mol. The van der Waals surface area contributed by atoms with Gasteiger partial charge in [0.15, 0.2) is 0 Å². The maximum atomic E-state index is 11.9. The highest BCUT2D eigenvalue weighted by Gasteiger charge is 2.09. The van der Waals surface area contributed by atoms with Crippen molar-refractivity contribution in [1.29, 1.82) is 0 Å². The number of esters is 2. The molecule has 1 aromatic rings. The summed E-state index contributed by atoms with van der Waals surface area (Å²) in [5, 5.41) is 0. The van der Waals surface area contributed by atoms with Crippen molar-refractivity contribution in [2.75, 3.05) is 13.2 Å². The lowest BCUT2D eigenvalue weighted by Crippen LogP contribution is -2.12. The smallest absolute Gasteiger partial charge is 0.338 e. The van der Waals surface area contributed by atoms with Crippen molar-refractivity contribution in [2.45, 2.75) is 12.8 Å². The molecule has 0 aliphatic rings. The summed E-state index contributed by atoms with van der Waals surface area (Å²) in [4.78, 5) is 44.5. The Bertz CT molecular complexity index is 698. The zero-order valence-corrected chi connectivity index (χ0v) is 14.3. The van der Waals surface area contributed by atoms with Crippen LogP contribution in [0.25, 0.3) is 0 Å². The minimum atomic E-state index is -0.553. The van der Waals surface area contributed by atoms with Crippen LogP contribution in [-0.2, 0) is 19.1 Å². The Morgan fingerprint density at radius 1 is 1.04 bits per heavy atom. The lowest BCUT2D eigenvalue weighted by Gasteiger charge is -2.07. The maximum Gasteiger partial charge on any atom is 0.338 e. The fraction of sp³-hybridized carbons (Fsp3) is 0.200. The van der Waals surface area contributed by atoms with Crippen LogP contribution in [0.4, 0.5) is 0 Å². The predicted molar refractivity (Wildman–Crippen MR) is 95.8 cm³/mol. The third-order valence-electron chi connectivity index (χ3n) is 3.10. The number of carbonyl (C=O) groups is 4. The quantitative estimate of drug-likeness (QED) is 0.199. The van der Waals surface area contributed by atoms with Crippen LogP contribution >= 0.6 is 0 Å². The minimum absolute atomic E-state index is 0.0756. The van der Waals surface area contributed by atoms with Crippen molar-refractivity contribution in [3.05, 3.63) is 71.8 Å². The van der Waals surface area contributed by atoms with E-state index in [0.29, 0.717) is 30.1 Å². The molecule has 0 aromatic heterocycles. The molecule has 6 nitrogen and oxygen atoms in total. The fourth-order valence-electron chi connectivity index (χ4n) is 1.82. The SMILES string of the molecule is C=C/C=C(\C=C/CC=O)C(=O)OCCCOC(=O)c1ccc(C=O)cc1. The van der Waals surface area contributed by atoms with Crippen LogP contribution in [0, 0.1) is 0 Å². The zero-order chi connectivity index (χ0) is 19.2. The Morgan fingerprint density at radius 3 is 2.35 bits per heavy atom. The van der Waals surface area contributed by atoms with Crippen LogP contribution < -0.4 is 0 Å². The summed E-state index contributed by atoms with van der Waals surface area (Å²) < 4.78 is 10.1. The molecule has 0 heterocycles. The van der Waals surface area contributed by atoms with Gasteiger partial charge in [0.05, 0.1) is 24.4 Å². The van der Waals surface area contributed by atoms with Crippen molar-refractivity contribution in [1.82, 2.24) is 0 Å². The first kappa shape index (κ1) is 20.8. The van der Waals surface area contributed by atoms with E-state index >= 15 is 0 Å². The second-order valence-electron chi connectivity index (χ2n) is 5.03. The van der Waals surface area contributed by atoms with Gasteiger partial charge in [-0.15, -0.1) is 0 Å². The molecule has 0 spiro atoms. The van der Waals surface area contributed by atoms with Crippen LogP contribution in [0.2, 0.25) is 0 Å². The van der Waals surface area contributed by atoms with Crippen LogP contribution in [0.3, 0.4) is 0 Å². The summed E-state index contributed by atoms with van der Waals surface area (Å²) in [6.45, 7) is 3.68. The van der Waals surface area contributed by atoms with Gasteiger partial charge in [0.2, 0.25) is 0 Å². The summed E-state index contributed by atoms with van der Waals surface area (Å²) in [6.07, 6.45) is 7.89. The third-order valence-corrected chi connectivity index (χ3v) is 3.10. The molecule has 0 bridgehead atoms. The second-order valence-corrected chi connectivity index (χ2v) is 5.03. The number of aldehydes is 2. The Kier molecular flexibility index (Phi) is 9.69. The van der Waals surface area contributed by atoms with E-state index in [2.05, 4.69) is 6.58 Å². The van der Waals surface area contributed by atoms with Gasteiger partial charge >= 0.3 is 11.9 Å². The van der Waals surface area contributed by atoms with Gasteiger partial charge in [0, 0.05) is 18.4 Å². The van der Waals surface area contributed by atoms with Gasteiger partial charge in [-0.1, -0.05) is 36.9 Å². The molecule has 0 aliphatic heterocycles. The highest BCUT2D eigenvalue weighted by Crippen LogP contribution is 2.06. The van der Waals surface area contributed by atoms with Crippen molar-refractivity contribution in [3.8, 4) is 0 Å². The Morgan fingerprint density at radius 2 is 1.73 bits per heavy atom. The van der Waals surface area contributed by atoms with E-state index in [1.54, 1.807) is 6.08 Å². The Labute approximate surface area is 151 Å². The highest BCUT2D eigenvalue weighted by molar-refractivity contribution is 5.92. The number of allylic oxidation sites excluding steroid dienone is 3. The first-order valence-corrected chi connectivity index (χ1v) is 7.94. The molecule has 6 heteroatoms. The predicted octanol–water partition coefficient (Wildman–Crippen LogP) is 2.85. The zero-order valence-electron chi connectivity index (χ0n) is 14.3. The van der Waals surface area contributed by atoms with Gasteiger partial charge < -0.3 is 14.3 Å². The summed E-state index contributed by atoms with van der Waals surface area (Å²) in [7, 11) is 0. The molecule has 0 unspecified atom stereocenters. The van der Waals surface area contributed by atoms with E-state index in [-0.39, 0.29) is 25.2 Å². The van der Waals surface area contributed by atoms with E-state index in [0.717, 1.165) is 0 Å². The van der Waals surface area contributed by atoms with Gasteiger partial charge in [-0.05, 0) is 18.2 Å². The minimum Gasteiger partial charge on any atom is -0.462 e. The summed E-state index contributed by atoms with van der Waals surface area (Å²) in [5.74, 6) is -1.07. The molecule has 0 amide bonds.